The zero-order chi connectivity index (χ0) is 25.4. The monoisotopic (exact) mass is 501 g/mol. The predicted molar refractivity (Wildman–Crippen MR) is 138 cm³/mol. The summed E-state index contributed by atoms with van der Waals surface area (Å²) in [6.07, 6.45) is 6.03. The van der Waals surface area contributed by atoms with E-state index < -0.39 is 5.91 Å². The molecule has 0 aliphatic heterocycles. The molecule has 9 nitrogen and oxygen atoms in total. The Kier molecular flexibility index (Phi) is 9.47. The van der Waals surface area contributed by atoms with Gasteiger partial charge in [0.2, 0.25) is 5.91 Å². The summed E-state index contributed by atoms with van der Waals surface area (Å²) >= 11 is 0.871. The van der Waals surface area contributed by atoms with Crippen LogP contribution in [0.2, 0.25) is 0 Å². The van der Waals surface area contributed by atoms with Crippen LogP contribution in [0.25, 0.3) is 0 Å². The molecule has 35 heavy (non-hydrogen) atoms. The summed E-state index contributed by atoms with van der Waals surface area (Å²) in [6.45, 7) is 4.49. The minimum Gasteiger partial charge on any atom is -0.497 e. The van der Waals surface area contributed by atoms with Gasteiger partial charge in [0, 0.05) is 18.3 Å². The van der Waals surface area contributed by atoms with Crippen LogP contribution in [-0.4, -0.2) is 48.3 Å². The largest absolute Gasteiger partial charge is 0.497 e. The fourth-order valence-electron chi connectivity index (χ4n) is 3.98. The molecule has 2 aromatic rings. The fourth-order valence-corrected chi connectivity index (χ4v) is 4.73. The van der Waals surface area contributed by atoms with Crippen LogP contribution in [0, 0.1) is 5.92 Å². The molecule has 1 heterocycles. The number of benzene rings is 1. The van der Waals surface area contributed by atoms with Crippen LogP contribution in [0.4, 0.5) is 11.4 Å². The first-order valence-corrected chi connectivity index (χ1v) is 12.9. The lowest BCUT2D eigenvalue weighted by Gasteiger charge is -2.23. The molecule has 1 aliphatic carbocycles. The van der Waals surface area contributed by atoms with Crippen molar-refractivity contribution in [2.45, 2.75) is 58.4 Å². The highest BCUT2D eigenvalue weighted by Crippen LogP contribution is 2.28. The number of carbonyl (C=O) groups is 3. The summed E-state index contributed by atoms with van der Waals surface area (Å²) < 4.78 is 9.40. The van der Waals surface area contributed by atoms with Gasteiger partial charge in [-0.3, -0.25) is 19.3 Å². The van der Waals surface area contributed by atoms with Crippen LogP contribution in [0.5, 0.6) is 5.75 Å². The van der Waals surface area contributed by atoms with E-state index in [1.165, 1.54) is 11.3 Å². The molecule has 0 unspecified atom stereocenters. The highest BCUT2D eigenvalue weighted by atomic mass is 32.1. The number of nitrogens with one attached hydrogen (secondary N) is 2. The first kappa shape index (κ1) is 26.5. The van der Waals surface area contributed by atoms with E-state index in [4.69, 9.17) is 10.5 Å². The van der Waals surface area contributed by atoms with E-state index in [9.17, 15) is 14.4 Å². The molecule has 1 aromatic heterocycles. The summed E-state index contributed by atoms with van der Waals surface area (Å²) in [5.74, 6) is -0.0625. The van der Waals surface area contributed by atoms with Crippen molar-refractivity contribution in [3.05, 3.63) is 34.8 Å². The van der Waals surface area contributed by atoms with Gasteiger partial charge in [0.1, 0.15) is 17.2 Å². The minimum absolute atomic E-state index is 0.0343. The first-order valence-electron chi connectivity index (χ1n) is 12.1. The number of nitrogens with two attached hydrogens (primary N) is 1. The standard InChI is InChI=1S/C25H35N5O4S/c1-16(2)13-14-27-20(31)15-30(18-9-11-19(34-3)12-10-18)25(33)23-21(26)22(29-35-23)24(32)28-17-7-5-4-6-8-17/h9-12,16-17H,4-8,13-15,26H2,1-3H3,(H,27,31)(H,28,32). The third-order valence-corrected chi connectivity index (χ3v) is 6.90. The molecule has 190 valence electrons. The molecule has 1 aliphatic rings. The van der Waals surface area contributed by atoms with Gasteiger partial charge in [-0.25, -0.2) is 0 Å². The molecule has 0 saturated heterocycles. The van der Waals surface area contributed by atoms with Crippen LogP contribution in [0.3, 0.4) is 0 Å². The number of methoxy groups -OCH3 is 1. The van der Waals surface area contributed by atoms with Gasteiger partial charge in [0.25, 0.3) is 11.8 Å². The number of carbonyl (C=O) groups excluding carboxylic acids is 3. The molecule has 0 radical (unpaired) electrons. The molecular formula is C25H35N5O4S. The van der Waals surface area contributed by atoms with E-state index in [0.717, 1.165) is 43.6 Å². The van der Waals surface area contributed by atoms with Crippen LogP contribution in [0.15, 0.2) is 24.3 Å². The maximum absolute atomic E-state index is 13.5. The zero-order valence-electron chi connectivity index (χ0n) is 20.6. The van der Waals surface area contributed by atoms with Crippen molar-refractivity contribution in [2.75, 3.05) is 30.8 Å². The Morgan fingerprint density at radius 1 is 1.17 bits per heavy atom. The van der Waals surface area contributed by atoms with Gasteiger partial charge < -0.3 is 21.1 Å². The lowest BCUT2D eigenvalue weighted by molar-refractivity contribution is -0.119. The van der Waals surface area contributed by atoms with Crippen LogP contribution < -0.4 is 26.0 Å². The quantitative estimate of drug-likeness (QED) is 0.457. The average molecular weight is 502 g/mol. The second-order valence-electron chi connectivity index (χ2n) is 9.20. The van der Waals surface area contributed by atoms with Crippen molar-refractivity contribution >= 4 is 40.6 Å². The molecule has 10 heteroatoms. The lowest BCUT2D eigenvalue weighted by atomic mass is 9.95. The third-order valence-electron chi connectivity index (χ3n) is 6.05. The number of aromatic nitrogens is 1. The molecule has 1 fully saturated rings. The number of amides is 3. The molecule has 0 bridgehead atoms. The molecule has 0 atom stereocenters. The van der Waals surface area contributed by atoms with Gasteiger partial charge >= 0.3 is 0 Å². The molecule has 3 rings (SSSR count). The van der Waals surface area contributed by atoms with Crippen LogP contribution >= 0.6 is 11.5 Å². The maximum atomic E-state index is 13.5. The smallest absolute Gasteiger partial charge is 0.273 e. The summed E-state index contributed by atoms with van der Waals surface area (Å²) in [4.78, 5) is 40.4. The van der Waals surface area contributed by atoms with Crippen molar-refractivity contribution in [1.82, 2.24) is 15.0 Å². The maximum Gasteiger partial charge on any atom is 0.273 e. The average Bonchev–Trinajstić information content (AvgIpc) is 3.24. The van der Waals surface area contributed by atoms with E-state index in [-0.39, 0.29) is 40.7 Å². The van der Waals surface area contributed by atoms with Crippen molar-refractivity contribution in [3.63, 3.8) is 0 Å². The Morgan fingerprint density at radius 3 is 2.49 bits per heavy atom. The normalized spacial score (nSPS) is 13.9. The molecule has 1 aromatic carbocycles. The topological polar surface area (TPSA) is 127 Å². The van der Waals surface area contributed by atoms with Gasteiger partial charge in [0.05, 0.1) is 12.8 Å². The fraction of sp³-hybridized carbons (Fsp3) is 0.520. The molecule has 4 N–H and O–H groups in total. The van der Waals surface area contributed by atoms with E-state index >= 15 is 0 Å². The Labute approximate surface area is 210 Å². The van der Waals surface area contributed by atoms with Crippen LogP contribution in [-0.2, 0) is 4.79 Å². The Hall–Kier alpha value is -3.14. The molecule has 1 saturated carbocycles. The minimum atomic E-state index is -0.485. The number of nitrogen functional groups attached to an aromatic ring is 1. The second kappa shape index (κ2) is 12.5. The number of anilines is 2. The highest BCUT2D eigenvalue weighted by Gasteiger charge is 2.29. The number of rotatable bonds is 10. The van der Waals surface area contributed by atoms with Crippen molar-refractivity contribution < 1.29 is 19.1 Å². The Balaban J connectivity index is 1.79. The van der Waals surface area contributed by atoms with E-state index in [1.807, 2.05) is 0 Å². The number of ether oxygens (including phenoxy) is 1. The molecule has 3 amide bonds. The summed E-state index contributed by atoms with van der Waals surface area (Å²) in [5.41, 5.74) is 6.83. The zero-order valence-corrected chi connectivity index (χ0v) is 21.5. The Bertz CT molecular complexity index is 1020. The number of nitrogens with zero attached hydrogens (tertiary/aromatic N) is 2. The first-order chi connectivity index (χ1) is 16.8. The number of hydrogen-bond donors (Lipinski definition) is 3. The van der Waals surface area contributed by atoms with Crippen LogP contribution in [0.1, 0.15) is 72.5 Å². The van der Waals surface area contributed by atoms with Gasteiger partial charge in [0.15, 0.2) is 5.69 Å². The molecular weight excluding hydrogens is 466 g/mol. The van der Waals surface area contributed by atoms with E-state index in [0.29, 0.717) is 23.9 Å². The van der Waals surface area contributed by atoms with Crippen molar-refractivity contribution in [2.24, 2.45) is 5.92 Å². The van der Waals surface area contributed by atoms with E-state index in [2.05, 4.69) is 28.9 Å². The lowest BCUT2D eigenvalue weighted by Crippen LogP contribution is -2.41. The summed E-state index contributed by atoms with van der Waals surface area (Å²) in [7, 11) is 1.55. The van der Waals surface area contributed by atoms with Gasteiger partial charge in [-0.15, -0.1) is 0 Å². The van der Waals surface area contributed by atoms with Gasteiger partial charge in [-0.1, -0.05) is 33.1 Å². The second-order valence-corrected chi connectivity index (χ2v) is 9.98. The summed E-state index contributed by atoms with van der Waals surface area (Å²) in [5, 5.41) is 5.85. The summed E-state index contributed by atoms with van der Waals surface area (Å²) in [6, 6.07) is 6.93. The van der Waals surface area contributed by atoms with Gasteiger partial charge in [-0.05, 0) is 61.0 Å². The highest BCUT2D eigenvalue weighted by molar-refractivity contribution is 7.09. The third kappa shape index (κ3) is 7.17. The van der Waals surface area contributed by atoms with E-state index in [1.54, 1.807) is 31.4 Å². The Morgan fingerprint density at radius 2 is 1.86 bits per heavy atom. The SMILES string of the molecule is COc1ccc(N(CC(=O)NCCC(C)C)C(=O)c2snc(C(=O)NC3CCCCC3)c2N)cc1. The molecule has 0 spiro atoms. The van der Waals surface area contributed by atoms with Gasteiger partial charge in [-0.2, -0.15) is 4.37 Å². The van der Waals surface area contributed by atoms with Crippen molar-refractivity contribution in [1.29, 1.82) is 0 Å². The number of hydrogen-bond acceptors (Lipinski definition) is 7. The van der Waals surface area contributed by atoms with Crippen molar-refractivity contribution in [3.8, 4) is 5.75 Å². The predicted octanol–water partition coefficient (Wildman–Crippen LogP) is 3.61.